The van der Waals surface area contributed by atoms with E-state index in [0.717, 1.165) is 0 Å². The van der Waals surface area contributed by atoms with E-state index in [9.17, 15) is 7.84 Å². The minimum absolute atomic E-state index is 0.412. The van der Waals surface area contributed by atoms with Gasteiger partial charge in [0.25, 0.3) is 0 Å². The van der Waals surface area contributed by atoms with Gasteiger partial charge in [-0.25, -0.2) is 0 Å². The molecule has 0 aliphatic rings. The number of hydrogen-bond donors (Lipinski definition) is 1. The summed E-state index contributed by atoms with van der Waals surface area (Å²) in [6.45, 7) is 0. The van der Waals surface area contributed by atoms with Gasteiger partial charge in [-0.05, 0) is 0 Å². The van der Waals surface area contributed by atoms with Crippen LogP contribution in [0.5, 0.6) is 0 Å². The van der Waals surface area contributed by atoms with E-state index < -0.39 is 13.8 Å². The summed E-state index contributed by atoms with van der Waals surface area (Å²) in [6.07, 6.45) is 0. The van der Waals surface area contributed by atoms with Crippen molar-refractivity contribution in [3.8, 4) is 0 Å². The van der Waals surface area contributed by atoms with Crippen LogP contribution in [0, 0.1) is 0 Å². The summed E-state index contributed by atoms with van der Waals surface area (Å²) in [7, 11) is 0. The van der Waals surface area contributed by atoms with Crippen molar-refractivity contribution in [2.45, 2.75) is 0 Å². The molecule has 0 unspecified atom stereocenters. The quantitative estimate of drug-likeness (QED) is 0.855. The van der Waals surface area contributed by atoms with Gasteiger partial charge in [0.05, 0.1) is 0 Å². The van der Waals surface area contributed by atoms with Crippen LogP contribution in [-0.2, 0) is 3.74 Å². The fourth-order valence-electron chi connectivity index (χ4n) is 1.44. The third kappa shape index (κ3) is 2.78. The summed E-state index contributed by atoms with van der Waals surface area (Å²) in [4.78, 5) is 0. The van der Waals surface area contributed by atoms with Crippen molar-refractivity contribution in [1.29, 1.82) is 0 Å². The second-order valence-corrected chi connectivity index (χ2v) is 8.99. The molecule has 0 aliphatic carbocycles. The van der Waals surface area contributed by atoms with Crippen molar-refractivity contribution in [3.05, 3.63) is 58.6 Å². The summed E-state index contributed by atoms with van der Waals surface area (Å²) in [5.41, 5.74) is 0. The van der Waals surface area contributed by atoms with Gasteiger partial charge in [-0.1, -0.05) is 0 Å². The van der Waals surface area contributed by atoms with E-state index in [1.54, 1.807) is 48.5 Å². The van der Waals surface area contributed by atoms with E-state index in [-0.39, 0.29) is 0 Å². The van der Waals surface area contributed by atoms with Crippen molar-refractivity contribution >= 4 is 45.7 Å². The first-order chi connectivity index (χ1) is 8.00. The van der Waals surface area contributed by atoms with E-state index in [4.69, 9.17) is 23.2 Å². The topological polar surface area (TPSA) is 37.3 Å². The predicted molar refractivity (Wildman–Crippen MR) is 70.8 cm³/mol. The first-order valence-electron chi connectivity index (χ1n) is 4.85. The standard InChI is InChI=1S/C12H9AsCl2O2/c14-11-5-1-9(2-6-11)13(16,17)10-3-7-12(15)8-4-10/h1-8H,(H,16,17). The number of rotatable bonds is 2. The van der Waals surface area contributed by atoms with Crippen LogP contribution in [0.3, 0.4) is 0 Å². The molecule has 88 valence electrons. The van der Waals surface area contributed by atoms with Crippen LogP contribution in [0.25, 0.3) is 0 Å². The molecule has 5 heteroatoms. The zero-order chi connectivity index (χ0) is 12.5. The van der Waals surface area contributed by atoms with Gasteiger partial charge in [0.2, 0.25) is 0 Å². The molecule has 0 saturated carbocycles. The molecule has 0 saturated heterocycles. The molecule has 0 fully saturated rings. The van der Waals surface area contributed by atoms with E-state index in [1.807, 2.05) is 0 Å². The van der Waals surface area contributed by atoms with Gasteiger partial charge in [0.15, 0.2) is 0 Å². The van der Waals surface area contributed by atoms with Crippen molar-refractivity contribution in [2.24, 2.45) is 0 Å². The van der Waals surface area contributed by atoms with Crippen LogP contribution in [-0.4, -0.2) is 17.9 Å². The normalized spacial score (nSPS) is 11.5. The van der Waals surface area contributed by atoms with Gasteiger partial charge in [-0.15, -0.1) is 0 Å². The molecule has 2 rings (SSSR count). The summed E-state index contributed by atoms with van der Waals surface area (Å²) in [6, 6.07) is 12.8. The summed E-state index contributed by atoms with van der Waals surface area (Å²) in [5, 5.41) is 1.08. The zero-order valence-electron chi connectivity index (χ0n) is 8.68. The Kier molecular flexibility index (Phi) is 3.69. The average Bonchev–Trinajstić information content (AvgIpc) is 2.30. The molecular weight excluding hydrogens is 322 g/mol. The monoisotopic (exact) mass is 330 g/mol. The molecule has 0 heterocycles. The molecule has 0 spiro atoms. The maximum absolute atomic E-state index is 12.4. The zero-order valence-corrected chi connectivity index (χ0v) is 12.1. The maximum atomic E-state index is 12.4. The van der Waals surface area contributed by atoms with E-state index in [2.05, 4.69) is 0 Å². The SMILES string of the molecule is O=[As](O)(c1ccc(Cl)cc1)c1ccc(Cl)cc1. The molecule has 0 aromatic heterocycles. The van der Waals surface area contributed by atoms with Gasteiger partial charge < -0.3 is 0 Å². The van der Waals surface area contributed by atoms with Crippen LogP contribution >= 0.6 is 23.2 Å². The Bertz CT molecular complexity index is 515. The Morgan fingerprint density at radius 1 is 0.765 bits per heavy atom. The Balaban J connectivity index is 2.45. The van der Waals surface area contributed by atoms with Crippen molar-refractivity contribution in [2.75, 3.05) is 0 Å². The Hall–Kier alpha value is -0.662. The number of benzene rings is 2. The van der Waals surface area contributed by atoms with Gasteiger partial charge >= 0.3 is 112 Å². The fourth-order valence-corrected chi connectivity index (χ4v) is 4.63. The van der Waals surface area contributed by atoms with Crippen LogP contribution in [0.1, 0.15) is 0 Å². The molecule has 0 amide bonds. The minimum atomic E-state index is -4.24. The molecule has 0 radical (unpaired) electrons. The second-order valence-electron chi connectivity index (χ2n) is 3.53. The molecule has 2 aromatic rings. The molecule has 0 bridgehead atoms. The van der Waals surface area contributed by atoms with E-state index in [1.165, 1.54) is 0 Å². The summed E-state index contributed by atoms with van der Waals surface area (Å²) < 4.78 is 23.4. The molecule has 0 aliphatic heterocycles. The molecule has 1 N–H and O–H groups in total. The van der Waals surface area contributed by atoms with Crippen molar-refractivity contribution in [3.63, 3.8) is 0 Å². The Labute approximate surface area is 112 Å². The second kappa shape index (κ2) is 4.91. The van der Waals surface area contributed by atoms with Crippen molar-refractivity contribution < 1.29 is 7.84 Å². The molecule has 2 aromatic carbocycles. The third-order valence-electron chi connectivity index (χ3n) is 2.35. The van der Waals surface area contributed by atoms with Crippen LogP contribution < -0.4 is 8.70 Å². The Morgan fingerprint density at radius 2 is 1.06 bits per heavy atom. The fraction of sp³-hybridized carbons (Fsp3) is 0. The Morgan fingerprint density at radius 3 is 1.35 bits per heavy atom. The van der Waals surface area contributed by atoms with Crippen molar-refractivity contribution in [1.82, 2.24) is 0 Å². The summed E-state index contributed by atoms with van der Waals surface area (Å²) in [5.74, 6) is 0. The number of hydrogen-bond acceptors (Lipinski definition) is 1. The van der Waals surface area contributed by atoms with Crippen LogP contribution in [0.2, 0.25) is 10.0 Å². The van der Waals surface area contributed by atoms with Gasteiger partial charge in [0.1, 0.15) is 0 Å². The van der Waals surface area contributed by atoms with E-state index in [0.29, 0.717) is 18.7 Å². The molecule has 17 heavy (non-hydrogen) atoms. The van der Waals surface area contributed by atoms with Gasteiger partial charge in [-0.2, -0.15) is 0 Å². The predicted octanol–water partition coefficient (Wildman–Crippen LogP) is 1.97. The first-order valence-corrected chi connectivity index (χ1v) is 9.09. The third-order valence-corrected chi connectivity index (χ3v) is 7.05. The van der Waals surface area contributed by atoms with Gasteiger partial charge in [-0.3, -0.25) is 0 Å². The first kappa shape index (κ1) is 12.8. The molecule has 0 atom stereocenters. The van der Waals surface area contributed by atoms with Crippen LogP contribution in [0.4, 0.5) is 0 Å². The van der Waals surface area contributed by atoms with Gasteiger partial charge in [0, 0.05) is 0 Å². The average molecular weight is 331 g/mol. The number of halogens is 2. The van der Waals surface area contributed by atoms with Crippen LogP contribution in [0.15, 0.2) is 48.5 Å². The van der Waals surface area contributed by atoms with E-state index >= 15 is 0 Å². The molecular formula is C12H9AsCl2O2. The summed E-state index contributed by atoms with van der Waals surface area (Å²) >= 11 is 7.25. The molecule has 2 nitrogen and oxygen atoms in total.